The van der Waals surface area contributed by atoms with Crippen molar-refractivity contribution in [3.63, 3.8) is 0 Å². The maximum Gasteiger partial charge on any atom is 0.301 e. The van der Waals surface area contributed by atoms with Crippen molar-refractivity contribution in [1.29, 1.82) is 0 Å². The van der Waals surface area contributed by atoms with Gasteiger partial charge >= 0.3 is 5.91 Å². The average molecular weight is 626 g/mol. The monoisotopic (exact) mass is 625 g/mol. The number of imidazole rings is 1. The summed E-state index contributed by atoms with van der Waals surface area (Å²) in [5.41, 5.74) is 4.19. The molecule has 224 valence electrons. The Balaban J connectivity index is 1.42. The summed E-state index contributed by atoms with van der Waals surface area (Å²) in [6.45, 7) is 6.44. The van der Waals surface area contributed by atoms with Crippen LogP contribution in [0.15, 0.2) is 82.8 Å². The van der Waals surface area contributed by atoms with Crippen LogP contribution in [-0.2, 0) is 15.3 Å². The van der Waals surface area contributed by atoms with E-state index in [1.54, 1.807) is 0 Å². The van der Waals surface area contributed by atoms with Crippen LogP contribution in [0.5, 0.6) is 5.75 Å². The van der Waals surface area contributed by atoms with Crippen LogP contribution in [0.1, 0.15) is 53.9 Å². The molecule has 5 aromatic rings. The zero-order chi connectivity index (χ0) is 30.8. The molecule has 11 heteroatoms. The minimum atomic E-state index is -0.940. The average Bonchev–Trinajstić information content (AvgIpc) is 3.72. The first-order chi connectivity index (χ1) is 21.4. The van der Waals surface area contributed by atoms with Crippen LogP contribution >= 0.6 is 23.1 Å². The predicted octanol–water partition coefficient (Wildman–Crippen LogP) is 6.90. The number of Topliss-reactive ketones (excluding diaryl/α,β-unsaturated/α-hetero) is 1. The quantitative estimate of drug-likeness (QED) is 0.0446. The van der Waals surface area contributed by atoms with Gasteiger partial charge in [-0.3, -0.25) is 14.5 Å². The highest BCUT2D eigenvalue weighted by Crippen LogP contribution is 2.44. The molecular weight excluding hydrogens is 595 g/mol. The maximum atomic E-state index is 13.7. The number of carbonyl (C=O) groups is 2. The van der Waals surface area contributed by atoms with E-state index < -0.39 is 17.7 Å². The standard InChI is InChI=1S/C33H31N5O4S2/c1-4-5-18-42-24-15-13-23(14-16-24)27-25(28(39)26-21(3)37-17-9-10-20(2)30(37)34-26)29(40)31(41)38(27)32-35-36-33(44-32)43-19-22-11-7-6-8-12-22/h6-17,27,39H,4-5,18-19H2,1-3H3/b28-25+. The topological polar surface area (TPSA) is 110 Å². The number of pyridine rings is 1. The first-order valence-corrected chi connectivity index (χ1v) is 16.2. The number of ether oxygens (including phenoxy) is 1. The number of hydrogen-bond acceptors (Lipinski definition) is 9. The fraction of sp³-hybridized carbons (Fsp3) is 0.242. The van der Waals surface area contributed by atoms with E-state index >= 15 is 0 Å². The van der Waals surface area contributed by atoms with Gasteiger partial charge in [0.1, 0.15) is 17.1 Å². The molecule has 3 aromatic heterocycles. The normalized spacial score (nSPS) is 16.2. The van der Waals surface area contributed by atoms with Crippen LogP contribution in [0.2, 0.25) is 0 Å². The molecule has 1 aliphatic heterocycles. The Morgan fingerprint density at radius 3 is 2.52 bits per heavy atom. The second kappa shape index (κ2) is 12.6. The van der Waals surface area contributed by atoms with Crippen LogP contribution in [-0.4, -0.2) is 43.0 Å². The smallest absolute Gasteiger partial charge is 0.301 e. The predicted molar refractivity (Wildman–Crippen MR) is 172 cm³/mol. The van der Waals surface area contributed by atoms with Gasteiger partial charge in [0, 0.05) is 11.9 Å². The number of fused-ring (bicyclic) bond motifs is 1. The third-order valence-electron chi connectivity index (χ3n) is 7.52. The van der Waals surface area contributed by atoms with Crippen LogP contribution in [0.4, 0.5) is 5.13 Å². The van der Waals surface area contributed by atoms with E-state index in [9.17, 15) is 14.7 Å². The van der Waals surface area contributed by atoms with Crippen LogP contribution in [0.25, 0.3) is 11.4 Å². The van der Waals surface area contributed by atoms with Crippen molar-refractivity contribution in [3.8, 4) is 5.75 Å². The second-order valence-electron chi connectivity index (χ2n) is 10.5. The molecule has 4 heterocycles. The number of amides is 1. The highest BCUT2D eigenvalue weighted by Gasteiger charge is 2.49. The van der Waals surface area contributed by atoms with Gasteiger partial charge in [0.25, 0.3) is 5.78 Å². The summed E-state index contributed by atoms with van der Waals surface area (Å²) in [4.78, 5) is 33.4. The number of hydrogen-bond donors (Lipinski definition) is 1. The van der Waals surface area contributed by atoms with Crippen LogP contribution < -0.4 is 9.64 Å². The molecule has 1 amide bonds. The van der Waals surface area contributed by atoms with E-state index in [-0.39, 0.29) is 22.2 Å². The van der Waals surface area contributed by atoms with Gasteiger partial charge in [0.2, 0.25) is 5.13 Å². The first-order valence-electron chi connectivity index (χ1n) is 14.4. The van der Waals surface area contributed by atoms with Crippen molar-refractivity contribution < 1.29 is 19.4 Å². The molecule has 0 aliphatic carbocycles. The molecule has 1 unspecified atom stereocenters. The molecule has 0 saturated carbocycles. The molecule has 0 radical (unpaired) electrons. The minimum absolute atomic E-state index is 0.0486. The molecule has 0 spiro atoms. The molecule has 9 nitrogen and oxygen atoms in total. The fourth-order valence-electron chi connectivity index (χ4n) is 5.18. The Kier molecular flexibility index (Phi) is 8.49. The summed E-state index contributed by atoms with van der Waals surface area (Å²) < 4.78 is 8.37. The zero-order valence-electron chi connectivity index (χ0n) is 24.6. The lowest BCUT2D eigenvalue weighted by molar-refractivity contribution is -0.132. The lowest BCUT2D eigenvalue weighted by Gasteiger charge is -2.22. The number of aromatic nitrogens is 4. The van der Waals surface area contributed by atoms with Gasteiger partial charge in [-0.25, -0.2) is 4.98 Å². The molecule has 0 bridgehead atoms. The zero-order valence-corrected chi connectivity index (χ0v) is 26.2. The van der Waals surface area contributed by atoms with Crippen molar-refractivity contribution in [2.24, 2.45) is 0 Å². The van der Waals surface area contributed by atoms with Crippen molar-refractivity contribution in [1.82, 2.24) is 19.6 Å². The van der Waals surface area contributed by atoms with E-state index in [0.29, 0.717) is 39.4 Å². The van der Waals surface area contributed by atoms with Crippen LogP contribution in [0, 0.1) is 13.8 Å². The molecule has 2 aromatic carbocycles. The molecule has 1 fully saturated rings. The summed E-state index contributed by atoms with van der Waals surface area (Å²) in [6.07, 6.45) is 3.80. The number of carbonyl (C=O) groups excluding carboxylic acids is 2. The highest BCUT2D eigenvalue weighted by molar-refractivity contribution is 8.00. The lowest BCUT2D eigenvalue weighted by Crippen LogP contribution is -2.29. The number of anilines is 1. The third kappa shape index (κ3) is 5.60. The van der Waals surface area contributed by atoms with Crippen molar-refractivity contribution >= 4 is 51.3 Å². The number of ketones is 1. The van der Waals surface area contributed by atoms with Crippen molar-refractivity contribution in [2.45, 2.75) is 49.7 Å². The lowest BCUT2D eigenvalue weighted by atomic mass is 9.96. The van der Waals surface area contributed by atoms with Gasteiger partial charge in [0.15, 0.2) is 10.1 Å². The number of benzene rings is 2. The molecule has 1 aliphatic rings. The van der Waals surface area contributed by atoms with E-state index in [4.69, 9.17) is 4.74 Å². The minimum Gasteiger partial charge on any atom is -0.505 e. The summed E-state index contributed by atoms with van der Waals surface area (Å²) in [5.74, 6) is -0.556. The number of thioether (sulfide) groups is 1. The number of aliphatic hydroxyl groups excluding tert-OH is 1. The van der Waals surface area contributed by atoms with Gasteiger partial charge < -0.3 is 14.2 Å². The Hall–Kier alpha value is -4.48. The number of nitrogens with zero attached hydrogens (tertiary/aromatic N) is 5. The SMILES string of the molecule is CCCCOc1ccc(C2/C(=C(\O)c3nc4c(C)cccn4c3C)C(=O)C(=O)N2c2nnc(SCc3ccccc3)s2)cc1. The van der Waals surface area contributed by atoms with E-state index in [1.807, 2.05) is 91.2 Å². The van der Waals surface area contributed by atoms with E-state index in [0.717, 1.165) is 24.0 Å². The Labute approximate surface area is 263 Å². The fourth-order valence-corrected chi connectivity index (χ4v) is 7.00. The number of unbranched alkanes of at least 4 members (excludes halogenated alkanes) is 1. The van der Waals surface area contributed by atoms with Crippen LogP contribution in [0.3, 0.4) is 0 Å². The third-order valence-corrected chi connectivity index (χ3v) is 9.65. The second-order valence-corrected chi connectivity index (χ2v) is 12.7. The molecule has 44 heavy (non-hydrogen) atoms. The molecule has 6 rings (SSSR count). The van der Waals surface area contributed by atoms with Gasteiger partial charge in [0.05, 0.1) is 23.9 Å². The first kappa shape index (κ1) is 29.6. The molecule has 1 saturated heterocycles. The summed E-state index contributed by atoms with van der Waals surface area (Å²) in [7, 11) is 0. The van der Waals surface area contributed by atoms with E-state index in [1.165, 1.54) is 28.0 Å². The van der Waals surface area contributed by atoms with Gasteiger partial charge in [-0.15, -0.1) is 10.2 Å². The summed E-state index contributed by atoms with van der Waals surface area (Å²) in [6, 6.07) is 20.1. The van der Waals surface area contributed by atoms with E-state index in [2.05, 4.69) is 22.1 Å². The van der Waals surface area contributed by atoms with Gasteiger partial charge in [-0.1, -0.05) is 85.0 Å². The number of rotatable bonds is 10. The number of aryl methyl sites for hydroxylation is 2. The summed E-state index contributed by atoms with van der Waals surface area (Å²) >= 11 is 2.74. The molecule has 1 atom stereocenters. The maximum absolute atomic E-state index is 13.7. The van der Waals surface area contributed by atoms with Crippen molar-refractivity contribution in [3.05, 3.63) is 107 Å². The Morgan fingerprint density at radius 2 is 1.80 bits per heavy atom. The van der Waals surface area contributed by atoms with Gasteiger partial charge in [-0.05, 0) is 55.2 Å². The molecular formula is C33H31N5O4S2. The van der Waals surface area contributed by atoms with Gasteiger partial charge in [-0.2, -0.15) is 0 Å². The largest absolute Gasteiger partial charge is 0.505 e. The van der Waals surface area contributed by atoms with Crippen molar-refractivity contribution in [2.75, 3.05) is 11.5 Å². The Morgan fingerprint density at radius 1 is 1.02 bits per heavy atom. The highest BCUT2D eigenvalue weighted by atomic mass is 32.2. The Bertz CT molecular complexity index is 1860. The summed E-state index contributed by atoms with van der Waals surface area (Å²) in [5, 5.41) is 20.6. The molecule has 1 N–H and O–H groups in total. The number of aliphatic hydroxyl groups is 1.